The summed E-state index contributed by atoms with van der Waals surface area (Å²) in [5, 5.41) is 19.2. The summed E-state index contributed by atoms with van der Waals surface area (Å²) in [6.45, 7) is 7.05. The summed E-state index contributed by atoms with van der Waals surface area (Å²) in [5.41, 5.74) is -1.19. The van der Waals surface area contributed by atoms with Crippen molar-refractivity contribution in [2.75, 3.05) is 30.4 Å². The highest BCUT2D eigenvalue weighted by atomic mass is 19.1. The number of rotatable bonds is 8. The number of nitrogens with zero attached hydrogens (tertiary/aromatic N) is 6. The van der Waals surface area contributed by atoms with Gasteiger partial charge in [0.25, 0.3) is 11.5 Å². The van der Waals surface area contributed by atoms with Crippen LogP contribution in [0.3, 0.4) is 0 Å². The minimum absolute atomic E-state index is 0.0301. The van der Waals surface area contributed by atoms with Gasteiger partial charge < -0.3 is 20.5 Å². The van der Waals surface area contributed by atoms with Crippen LogP contribution in [0, 0.1) is 11.7 Å². The number of pyridine rings is 2. The van der Waals surface area contributed by atoms with Crippen LogP contribution in [-0.2, 0) is 4.74 Å². The van der Waals surface area contributed by atoms with Gasteiger partial charge in [-0.3, -0.25) is 19.1 Å². The number of carbonyl (C=O) groups is 2. The molecule has 3 N–H and O–H groups in total. The van der Waals surface area contributed by atoms with Gasteiger partial charge in [-0.05, 0) is 51.0 Å². The van der Waals surface area contributed by atoms with E-state index < -0.39 is 29.0 Å². The SMILES string of the molecule is CC(CO)CNC(=O)c1cnn2c(N(C)C(=O)OC(C)(C)C)cc(Nc3cccn(-c4ncccc4F)c3=O)nc12. The van der Waals surface area contributed by atoms with Gasteiger partial charge in [0.2, 0.25) is 0 Å². The van der Waals surface area contributed by atoms with E-state index in [1.807, 2.05) is 0 Å². The fraction of sp³-hybridized carbons (Fsp3) is 0.333. The van der Waals surface area contributed by atoms with Gasteiger partial charge in [-0.25, -0.2) is 19.2 Å². The molecule has 216 valence electrons. The van der Waals surface area contributed by atoms with E-state index in [2.05, 4.69) is 25.7 Å². The maximum Gasteiger partial charge on any atom is 0.415 e. The van der Waals surface area contributed by atoms with Crippen molar-refractivity contribution in [3.63, 3.8) is 0 Å². The minimum atomic E-state index is -0.785. The van der Waals surface area contributed by atoms with Crippen LogP contribution in [0.15, 0.2) is 53.7 Å². The Morgan fingerprint density at radius 1 is 1.24 bits per heavy atom. The van der Waals surface area contributed by atoms with E-state index in [-0.39, 0.29) is 53.4 Å². The van der Waals surface area contributed by atoms with Gasteiger partial charge in [-0.1, -0.05) is 6.92 Å². The molecule has 2 amide bonds. The Labute approximate surface area is 234 Å². The van der Waals surface area contributed by atoms with Crippen LogP contribution >= 0.6 is 0 Å². The van der Waals surface area contributed by atoms with E-state index in [1.165, 1.54) is 65.4 Å². The number of carbonyl (C=O) groups excluding carboxylic acids is 2. The van der Waals surface area contributed by atoms with Crippen molar-refractivity contribution >= 4 is 35.0 Å². The molecule has 13 nitrogen and oxygen atoms in total. The van der Waals surface area contributed by atoms with Gasteiger partial charge in [0.05, 0.1) is 6.20 Å². The van der Waals surface area contributed by atoms with E-state index in [0.29, 0.717) is 0 Å². The molecule has 4 heterocycles. The molecule has 1 atom stereocenters. The lowest BCUT2D eigenvalue weighted by Gasteiger charge is -2.25. The van der Waals surface area contributed by atoms with Crippen molar-refractivity contribution in [2.24, 2.45) is 5.92 Å². The fourth-order valence-electron chi connectivity index (χ4n) is 3.71. The number of aliphatic hydroxyl groups is 1. The summed E-state index contributed by atoms with van der Waals surface area (Å²) in [5.74, 6) is -1.26. The zero-order chi connectivity index (χ0) is 29.9. The molecule has 0 aliphatic carbocycles. The number of amides is 2. The number of halogens is 1. The summed E-state index contributed by atoms with van der Waals surface area (Å²) in [7, 11) is 1.47. The molecule has 4 aromatic rings. The maximum atomic E-state index is 14.4. The number of hydrogen-bond donors (Lipinski definition) is 3. The molecule has 0 saturated heterocycles. The number of anilines is 3. The highest BCUT2D eigenvalue weighted by Gasteiger charge is 2.25. The number of aliphatic hydroxyl groups excluding tert-OH is 1. The van der Waals surface area contributed by atoms with Gasteiger partial charge in [-0.15, -0.1) is 0 Å². The molecule has 4 aromatic heterocycles. The molecular formula is C27H31FN8O5. The topological polar surface area (TPSA) is 156 Å². The van der Waals surface area contributed by atoms with Crippen molar-refractivity contribution < 1.29 is 23.8 Å². The van der Waals surface area contributed by atoms with Gasteiger partial charge in [-0.2, -0.15) is 9.61 Å². The van der Waals surface area contributed by atoms with Crippen LogP contribution in [0.1, 0.15) is 38.1 Å². The van der Waals surface area contributed by atoms with Crippen molar-refractivity contribution in [2.45, 2.75) is 33.3 Å². The Kier molecular flexibility index (Phi) is 8.33. The molecule has 0 saturated carbocycles. The van der Waals surface area contributed by atoms with Crippen LogP contribution in [0.4, 0.5) is 26.5 Å². The molecule has 1 unspecified atom stereocenters. The molecule has 0 aromatic carbocycles. The Hall–Kier alpha value is -4.85. The monoisotopic (exact) mass is 566 g/mol. The lowest BCUT2D eigenvalue weighted by molar-refractivity contribution is 0.0587. The molecule has 0 aliphatic rings. The lowest BCUT2D eigenvalue weighted by Crippen LogP contribution is -2.35. The normalized spacial score (nSPS) is 12.2. The second kappa shape index (κ2) is 11.7. The molecular weight excluding hydrogens is 535 g/mol. The molecule has 0 spiro atoms. The Morgan fingerprint density at radius 3 is 2.68 bits per heavy atom. The largest absolute Gasteiger partial charge is 0.443 e. The average molecular weight is 567 g/mol. The van der Waals surface area contributed by atoms with Crippen molar-refractivity contribution in [3.05, 3.63) is 70.7 Å². The number of nitrogens with one attached hydrogen (secondary N) is 2. The van der Waals surface area contributed by atoms with E-state index in [4.69, 9.17) is 4.74 Å². The first-order valence-corrected chi connectivity index (χ1v) is 12.7. The summed E-state index contributed by atoms with van der Waals surface area (Å²) in [4.78, 5) is 48.8. The second-order valence-electron chi connectivity index (χ2n) is 10.4. The van der Waals surface area contributed by atoms with Crippen molar-refractivity contribution in [1.82, 2.24) is 29.5 Å². The Balaban J connectivity index is 1.80. The molecule has 14 heteroatoms. The zero-order valence-corrected chi connectivity index (χ0v) is 23.3. The maximum absolute atomic E-state index is 14.4. The van der Waals surface area contributed by atoms with Crippen LogP contribution < -0.4 is 21.1 Å². The second-order valence-corrected chi connectivity index (χ2v) is 10.4. The predicted octanol–water partition coefficient (Wildman–Crippen LogP) is 2.89. The zero-order valence-electron chi connectivity index (χ0n) is 23.3. The minimum Gasteiger partial charge on any atom is -0.443 e. The van der Waals surface area contributed by atoms with E-state index in [0.717, 1.165) is 4.57 Å². The van der Waals surface area contributed by atoms with Crippen LogP contribution in [0.25, 0.3) is 11.5 Å². The number of aromatic nitrogens is 5. The summed E-state index contributed by atoms with van der Waals surface area (Å²) < 4.78 is 22.2. The molecule has 4 rings (SSSR count). The standard InChI is InChI=1S/C27H31FN8O5/c1-16(15-37)13-30-24(38)17-14-31-36-21(34(5)26(40)41-27(2,3)4)12-20(33-22(17)36)32-19-9-7-11-35(25(19)39)23-18(28)8-6-10-29-23/h6-12,14,16,37H,13,15H2,1-5H3,(H,30,38)(H,32,33). The Bertz CT molecular complexity index is 1640. The van der Waals surface area contributed by atoms with Gasteiger partial charge in [0.1, 0.15) is 28.5 Å². The Morgan fingerprint density at radius 2 is 2.00 bits per heavy atom. The van der Waals surface area contributed by atoms with Gasteiger partial charge in [0, 0.05) is 38.7 Å². The third-order valence-electron chi connectivity index (χ3n) is 5.81. The smallest absolute Gasteiger partial charge is 0.415 e. The summed E-state index contributed by atoms with van der Waals surface area (Å²) in [6.07, 6.45) is 3.36. The fourth-order valence-corrected chi connectivity index (χ4v) is 3.71. The van der Waals surface area contributed by atoms with Crippen molar-refractivity contribution in [3.8, 4) is 5.82 Å². The van der Waals surface area contributed by atoms with Crippen LogP contribution in [0.5, 0.6) is 0 Å². The van der Waals surface area contributed by atoms with E-state index >= 15 is 0 Å². The predicted molar refractivity (Wildman–Crippen MR) is 149 cm³/mol. The van der Waals surface area contributed by atoms with Crippen LogP contribution in [0.2, 0.25) is 0 Å². The molecule has 0 radical (unpaired) electrons. The quantitative estimate of drug-likeness (QED) is 0.292. The first-order valence-electron chi connectivity index (χ1n) is 12.7. The first kappa shape index (κ1) is 29.1. The highest BCUT2D eigenvalue weighted by Crippen LogP contribution is 2.25. The number of hydrogen-bond acceptors (Lipinski definition) is 9. The van der Waals surface area contributed by atoms with Gasteiger partial charge >= 0.3 is 6.09 Å². The van der Waals surface area contributed by atoms with Crippen molar-refractivity contribution in [1.29, 1.82) is 0 Å². The summed E-state index contributed by atoms with van der Waals surface area (Å²) in [6, 6.07) is 7.07. The van der Waals surface area contributed by atoms with Gasteiger partial charge in [0.15, 0.2) is 17.3 Å². The summed E-state index contributed by atoms with van der Waals surface area (Å²) >= 11 is 0. The van der Waals surface area contributed by atoms with Crippen LogP contribution in [-0.4, -0.2) is 67.1 Å². The average Bonchev–Trinajstić information content (AvgIpc) is 3.35. The number of ether oxygens (including phenoxy) is 1. The molecule has 41 heavy (non-hydrogen) atoms. The van der Waals surface area contributed by atoms with E-state index in [9.17, 15) is 23.9 Å². The highest BCUT2D eigenvalue weighted by molar-refractivity contribution is 6.00. The van der Waals surface area contributed by atoms with E-state index in [1.54, 1.807) is 27.7 Å². The number of fused-ring (bicyclic) bond motifs is 1. The lowest BCUT2D eigenvalue weighted by atomic mass is 10.2. The molecule has 0 fully saturated rings. The first-order chi connectivity index (χ1) is 19.4. The third-order valence-corrected chi connectivity index (χ3v) is 5.81. The third kappa shape index (κ3) is 6.49. The molecule has 0 aliphatic heterocycles. The molecule has 0 bridgehead atoms.